The first-order valence-corrected chi connectivity index (χ1v) is 10.9. The van der Waals surface area contributed by atoms with Gasteiger partial charge in [-0.2, -0.15) is 12.6 Å². The third-order valence-corrected chi connectivity index (χ3v) is 4.73. The highest BCUT2D eigenvalue weighted by Crippen LogP contribution is 2.04. The average Bonchev–Trinajstić information content (AvgIpc) is 2.72. The number of hydrogen-bond donors (Lipinski definition) is 9. The fraction of sp³-hybridized carbons (Fsp3) is 0.722. The van der Waals surface area contributed by atoms with Gasteiger partial charge in [0.1, 0.15) is 18.1 Å². The first-order valence-electron chi connectivity index (χ1n) is 10.3. The molecule has 0 rings (SSSR count). The SMILES string of the molecule is CC(N)C(=O)NC(CCCCN)C(=O)NC(CS)C(=O)NC(CCCN=C(N)N)C(=O)O. The quantitative estimate of drug-likeness (QED) is 0.0476. The van der Waals surface area contributed by atoms with Crippen LogP contribution in [0.4, 0.5) is 0 Å². The van der Waals surface area contributed by atoms with E-state index in [0.717, 1.165) is 0 Å². The number of rotatable bonds is 16. The van der Waals surface area contributed by atoms with Crippen LogP contribution in [0.1, 0.15) is 39.0 Å². The minimum atomic E-state index is -1.24. The van der Waals surface area contributed by atoms with Gasteiger partial charge >= 0.3 is 5.97 Å². The van der Waals surface area contributed by atoms with E-state index in [1.807, 2.05) is 0 Å². The second kappa shape index (κ2) is 16.1. The molecule has 3 amide bonds. The molecule has 0 aliphatic heterocycles. The summed E-state index contributed by atoms with van der Waals surface area (Å²) in [5, 5.41) is 16.8. The highest BCUT2D eigenvalue weighted by atomic mass is 32.1. The molecule has 0 radical (unpaired) electrons. The first-order chi connectivity index (χ1) is 15.0. The van der Waals surface area contributed by atoms with Crippen LogP contribution in [0, 0.1) is 0 Å². The van der Waals surface area contributed by atoms with Crippen LogP contribution in [0.2, 0.25) is 0 Å². The summed E-state index contributed by atoms with van der Waals surface area (Å²) in [5.74, 6) is -3.29. The van der Waals surface area contributed by atoms with Crippen molar-refractivity contribution < 1.29 is 24.3 Å². The Balaban J connectivity index is 5.08. The number of carboxylic acids is 1. The Kier molecular flexibility index (Phi) is 14.8. The maximum atomic E-state index is 12.7. The van der Waals surface area contributed by atoms with Gasteiger partial charge in [-0.15, -0.1) is 0 Å². The summed E-state index contributed by atoms with van der Waals surface area (Å²) >= 11 is 4.08. The molecular weight excluding hydrogens is 440 g/mol. The number of nitrogens with zero attached hydrogens (tertiary/aromatic N) is 1. The van der Waals surface area contributed by atoms with Crippen molar-refractivity contribution in [3.8, 4) is 0 Å². The van der Waals surface area contributed by atoms with E-state index in [2.05, 4.69) is 33.6 Å². The fourth-order valence-corrected chi connectivity index (χ4v) is 2.82. The van der Waals surface area contributed by atoms with E-state index in [-0.39, 0.29) is 24.7 Å². The lowest BCUT2D eigenvalue weighted by molar-refractivity contribution is -0.142. The maximum absolute atomic E-state index is 12.7. The number of unbranched alkanes of at least 4 members (excludes halogenated alkanes) is 1. The van der Waals surface area contributed by atoms with E-state index in [1.165, 1.54) is 6.92 Å². The molecule has 0 aromatic rings. The Morgan fingerprint density at radius 1 is 0.906 bits per heavy atom. The Labute approximate surface area is 192 Å². The van der Waals surface area contributed by atoms with Crippen LogP contribution in [0.5, 0.6) is 0 Å². The van der Waals surface area contributed by atoms with Crippen LogP contribution in [0.15, 0.2) is 4.99 Å². The molecule has 0 aliphatic rings. The molecule has 12 N–H and O–H groups in total. The molecule has 0 aliphatic carbocycles. The number of carbonyl (C=O) groups excluding carboxylic acids is 3. The summed E-state index contributed by atoms with van der Waals surface area (Å²) in [6.07, 6.45) is 1.92. The number of aliphatic carboxylic acids is 1. The molecular formula is C18H36N8O5S. The normalized spacial score (nSPS) is 14.4. The van der Waals surface area contributed by atoms with Crippen LogP contribution in [0.3, 0.4) is 0 Å². The lowest BCUT2D eigenvalue weighted by Gasteiger charge is -2.24. The summed E-state index contributed by atoms with van der Waals surface area (Å²) in [5.41, 5.74) is 21.5. The minimum Gasteiger partial charge on any atom is -0.480 e. The Morgan fingerprint density at radius 3 is 1.94 bits per heavy atom. The highest BCUT2D eigenvalue weighted by molar-refractivity contribution is 7.80. The predicted octanol–water partition coefficient (Wildman–Crippen LogP) is -3.01. The van der Waals surface area contributed by atoms with Crippen LogP contribution in [0.25, 0.3) is 0 Å². The maximum Gasteiger partial charge on any atom is 0.326 e. The zero-order chi connectivity index (χ0) is 24.7. The molecule has 4 unspecified atom stereocenters. The summed E-state index contributed by atoms with van der Waals surface area (Å²) in [4.78, 5) is 52.4. The van der Waals surface area contributed by atoms with E-state index >= 15 is 0 Å². The van der Waals surface area contributed by atoms with Crippen molar-refractivity contribution in [3.63, 3.8) is 0 Å². The van der Waals surface area contributed by atoms with Crippen molar-refractivity contribution in [2.75, 3.05) is 18.8 Å². The Hall–Kier alpha value is -2.58. The molecule has 0 saturated carbocycles. The smallest absolute Gasteiger partial charge is 0.326 e. The second-order valence-corrected chi connectivity index (χ2v) is 7.59. The second-order valence-electron chi connectivity index (χ2n) is 7.23. The summed E-state index contributed by atoms with van der Waals surface area (Å²) in [6, 6.07) is -4.06. The summed E-state index contributed by atoms with van der Waals surface area (Å²) in [6.45, 7) is 2.11. The molecule has 0 aromatic carbocycles. The molecule has 0 spiro atoms. The van der Waals surface area contributed by atoms with Gasteiger partial charge in [0.05, 0.1) is 6.04 Å². The fourth-order valence-electron chi connectivity index (χ4n) is 2.56. The molecule has 0 fully saturated rings. The van der Waals surface area contributed by atoms with E-state index < -0.39 is 47.9 Å². The number of hydrogen-bond acceptors (Lipinski definition) is 8. The molecule has 0 aromatic heterocycles. The summed E-state index contributed by atoms with van der Waals surface area (Å²) in [7, 11) is 0. The molecule has 184 valence electrons. The number of carboxylic acid groups (broad SMARTS) is 1. The van der Waals surface area contributed by atoms with Crippen LogP contribution >= 0.6 is 12.6 Å². The highest BCUT2D eigenvalue weighted by Gasteiger charge is 2.29. The van der Waals surface area contributed by atoms with Gasteiger partial charge in [-0.3, -0.25) is 19.4 Å². The monoisotopic (exact) mass is 476 g/mol. The molecule has 0 saturated heterocycles. The zero-order valence-corrected chi connectivity index (χ0v) is 19.1. The van der Waals surface area contributed by atoms with Gasteiger partial charge in [0, 0.05) is 12.3 Å². The largest absolute Gasteiger partial charge is 0.480 e. The van der Waals surface area contributed by atoms with Gasteiger partial charge in [0.25, 0.3) is 0 Å². The standard InChI is InChI=1S/C18H36N8O5S/c1-10(20)14(27)24-11(5-2-3-7-19)15(28)26-13(9-32)16(29)25-12(17(30)31)6-4-8-23-18(21)22/h10-13,32H,2-9,19-20H2,1H3,(H,24,27)(H,25,29)(H,26,28)(H,30,31)(H4,21,22,23). The van der Waals surface area contributed by atoms with Gasteiger partial charge in [-0.25, -0.2) is 4.79 Å². The minimum absolute atomic E-state index is 0.0806. The van der Waals surface area contributed by atoms with Gasteiger partial charge in [0.2, 0.25) is 17.7 Å². The molecule has 0 heterocycles. The lowest BCUT2D eigenvalue weighted by Crippen LogP contribution is -2.57. The molecule has 13 nitrogen and oxygen atoms in total. The van der Waals surface area contributed by atoms with Crippen LogP contribution < -0.4 is 38.9 Å². The van der Waals surface area contributed by atoms with Crippen LogP contribution in [-0.4, -0.2) is 77.8 Å². The van der Waals surface area contributed by atoms with Gasteiger partial charge < -0.3 is 44.0 Å². The van der Waals surface area contributed by atoms with Crippen LogP contribution in [-0.2, 0) is 19.2 Å². The van der Waals surface area contributed by atoms with Crippen molar-refractivity contribution >= 4 is 42.3 Å². The zero-order valence-electron chi connectivity index (χ0n) is 18.3. The van der Waals surface area contributed by atoms with Gasteiger partial charge in [-0.1, -0.05) is 0 Å². The molecule has 32 heavy (non-hydrogen) atoms. The summed E-state index contributed by atoms with van der Waals surface area (Å²) < 4.78 is 0. The van der Waals surface area contributed by atoms with Crippen molar-refractivity contribution in [1.82, 2.24) is 16.0 Å². The van der Waals surface area contributed by atoms with E-state index in [1.54, 1.807) is 0 Å². The number of thiol groups is 1. The van der Waals surface area contributed by atoms with Crippen molar-refractivity contribution in [2.24, 2.45) is 27.9 Å². The average molecular weight is 477 g/mol. The molecule has 4 atom stereocenters. The Morgan fingerprint density at radius 2 is 1.44 bits per heavy atom. The Bertz CT molecular complexity index is 657. The third-order valence-electron chi connectivity index (χ3n) is 4.37. The first kappa shape index (κ1) is 29.4. The number of amides is 3. The van der Waals surface area contributed by atoms with Gasteiger partial charge in [-0.05, 0) is 45.6 Å². The third kappa shape index (κ3) is 12.3. The lowest BCUT2D eigenvalue weighted by atomic mass is 10.1. The number of guanidine groups is 1. The van der Waals surface area contributed by atoms with E-state index in [0.29, 0.717) is 32.2 Å². The number of aliphatic imine (C=N–C) groups is 1. The van der Waals surface area contributed by atoms with Gasteiger partial charge in [0.15, 0.2) is 5.96 Å². The van der Waals surface area contributed by atoms with E-state index in [4.69, 9.17) is 22.9 Å². The number of nitrogens with two attached hydrogens (primary N) is 4. The van der Waals surface area contributed by atoms with Crippen molar-refractivity contribution in [1.29, 1.82) is 0 Å². The number of carbonyl (C=O) groups is 4. The predicted molar refractivity (Wildman–Crippen MR) is 124 cm³/mol. The van der Waals surface area contributed by atoms with E-state index in [9.17, 15) is 24.3 Å². The molecule has 0 bridgehead atoms. The topological polar surface area (TPSA) is 241 Å². The number of nitrogens with one attached hydrogen (secondary N) is 3. The van der Waals surface area contributed by atoms with Crippen molar-refractivity contribution in [2.45, 2.75) is 63.2 Å². The van der Waals surface area contributed by atoms with Crippen molar-refractivity contribution in [3.05, 3.63) is 0 Å². The molecule has 14 heteroatoms.